The maximum Gasteiger partial charge on any atom is 0.310 e. The molecule has 0 spiro atoms. The van der Waals surface area contributed by atoms with Crippen molar-refractivity contribution in [2.75, 3.05) is 6.54 Å². The number of aliphatic carboxylic acids is 1. The fourth-order valence-electron chi connectivity index (χ4n) is 2.43. The Hall–Kier alpha value is -0.280. The highest BCUT2D eigenvalue weighted by molar-refractivity contribution is 5.85. The topological polar surface area (TPSA) is 63.3 Å². The van der Waals surface area contributed by atoms with Crippen LogP contribution in [0.2, 0.25) is 0 Å². The van der Waals surface area contributed by atoms with Crippen molar-refractivity contribution in [3.8, 4) is 0 Å². The smallest absolute Gasteiger partial charge is 0.310 e. The van der Waals surface area contributed by atoms with Crippen molar-refractivity contribution in [1.82, 2.24) is 0 Å². The summed E-state index contributed by atoms with van der Waals surface area (Å²) in [7, 11) is 0. The molecule has 0 aromatic carbocycles. The molecular formula is C12H24ClNO2. The molecule has 1 rings (SSSR count). The second-order valence-electron chi connectivity index (χ2n) is 5.40. The average molecular weight is 250 g/mol. The molecule has 1 saturated carbocycles. The van der Waals surface area contributed by atoms with Crippen LogP contribution in [0.4, 0.5) is 0 Å². The molecule has 96 valence electrons. The van der Waals surface area contributed by atoms with E-state index in [0.29, 0.717) is 5.92 Å². The first-order valence-electron chi connectivity index (χ1n) is 5.91. The summed E-state index contributed by atoms with van der Waals surface area (Å²) in [6, 6.07) is 0. The zero-order valence-electron chi connectivity index (χ0n) is 10.2. The third kappa shape index (κ3) is 3.95. The van der Waals surface area contributed by atoms with Crippen LogP contribution in [-0.2, 0) is 4.79 Å². The molecule has 16 heavy (non-hydrogen) atoms. The predicted octanol–water partition coefficient (Wildman–Crippen LogP) is 2.67. The molecule has 1 aliphatic rings. The highest BCUT2D eigenvalue weighted by Gasteiger charge is 2.35. The summed E-state index contributed by atoms with van der Waals surface area (Å²) >= 11 is 0. The van der Waals surface area contributed by atoms with Gasteiger partial charge in [-0.3, -0.25) is 4.79 Å². The lowest BCUT2D eigenvalue weighted by Crippen LogP contribution is -2.38. The molecule has 0 aliphatic heterocycles. The average Bonchev–Trinajstić information content (AvgIpc) is 2.21. The number of hydrogen-bond donors (Lipinski definition) is 2. The first-order chi connectivity index (χ1) is 6.98. The molecule has 3 N–H and O–H groups in total. The van der Waals surface area contributed by atoms with Crippen molar-refractivity contribution in [1.29, 1.82) is 0 Å². The molecule has 1 atom stereocenters. The Morgan fingerprint density at radius 3 is 2.25 bits per heavy atom. The normalized spacial score (nSPS) is 28.9. The Labute approximate surface area is 104 Å². The van der Waals surface area contributed by atoms with Crippen LogP contribution in [0, 0.1) is 17.3 Å². The highest BCUT2D eigenvalue weighted by Crippen LogP contribution is 2.36. The summed E-state index contributed by atoms with van der Waals surface area (Å²) in [5, 5.41) is 9.14. The summed E-state index contributed by atoms with van der Waals surface area (Å²) in [6.45, 7) is 4.29. The summed E-state index contributed by atoms with van der Waals surface area (Å²) in [4.78, 5) is 11.1. The van der Waals surface area contributed by atoms with E-state index in [1.54, 1.807) is 6.92 Å². The van der Waals surface area contributed by atoms with Crippen LogP contribution in [0.3, 0.4) is 0 Å². The quantitative estimate of drug-likeness (QED) is 0.805. The zero-order valence-corrected chi connectivity index (χ0v) is 11.1. The Morgan fingerprint density at radius 1 is 1.38 bits per heavy atom. The van der Waals surface area contributed by atoms with E-state index < -0.39 is 11.4 Å². The summed E-state index contributed by atoms with van der Waals surface area (Å²) in [6.07, 6.45) is 5.56. The molecular weight excluding hydrogens is 226 g/mol. The van der Waals surface area contributed by atoms with Gasteiger partial charge < -0.3 is 10.8 Å². The number of carboxylic acid groups (broad SMARTS) is 1. The largest absolute Gasteiger partial charge is 0.481 e. The van der Waals surface area contributed by atoms with E-state index in [4.69, 9.17) is 10.8 Å². The number of carboxylic acids is 1. The second kappa shape index (κ2) is 6.45. The van der Waals surface area contributed by atoms with E-state index in [-0.39, 0.29) is 19.0 Å². The van der Waals surface area contributed by atoms with Gasteiger partial charge in [0.2, 0.25) is 0 Å². The van der Waals surface area contributed by atoms with Crippen molar-refractivity contribution >= 4 is 18.4 Å². The SMILES string of the molecule is CC1CCC(CC(C)(CN)C(=O)O)CC1.Cl. The third-order valence-corrected chi connectivity index (χ3v) is 3.84. The molecule has 0 aromatic rings. The van der Waals surface area contributed by atoms with Gasteiger partial charge in [-0.2, -0.15) is 0 Å². The molecule has 0 aromatic heterocycles. The Morgan fingerprint density at radius 2 is 1.88 bits per heavy atom. The van der Waals surface area contributed by atoms with Gasteiger partial charge in [0.15, 0.2) is 0 Å². The van der Waals surface area contributed by atoms with Crippen LogP contribution in [-0.4, -0.2) is 17.6 Å². The molecule has 4 heteroatoms. The predicted molar refractivity (Wildman–Crippen MR) is 67.8 cm³/mol. The second-order valence-corrected chi connectivity index (χ2v) is 5.40. The van der Waals surface area contributed by atoms with Gasteiger partial charge in [0.25, 0.3) is 0 Å². The molecule has 0 heterocycles. The maximum absolute atomic E-state index is 11.1. The molecule has 1 unspecified atom stereocenters. The number of nitrogens with two attached hydrogens (primary N) is 1. The van der Waals surface area contributed by atoms with Crippen LogP contribution in [0.25, 0.3) is 0 Å². The molecule has 0 saturated heterocycles. The van der Waals surface area contributed by atoms with Crippen molar-refractivity contribution in [3.63, 3.8) is 0 Å². The zero-order chi connectivity index (χ0) is 11.5. The van der Waals surface area contributed by atoms with Crippen LogP contribution >= 0.6 is 12.4 Å². The van der Waals surface area contributed by atoms with Gasteiger partial charge in [-0.1, -0.05) is 32.6 Å². The van der Waals surface area contributed by atoms with Crippen LogP contribution in [0.15, 0.2) is 0 Å². The van der Waals surface area contributed by atoms with E-state index in [1.807, 2.05) is 0 Å². The van der Waals surface area contributed by atoms with Gasteiger partial charge in [0, 0.05) is 6.54 Å². The molecule has 0 amide bonds. The van der Waals surface area contributed by atoms with Gasteiger partial charge >= 0.3 is 5.97 Å². The van der Waals surface area contributed by atoms with Crippen LogP contribution in [0.5, 0.6) is 0 Å². The Balaban J connectivity index is 0.00000225. The van der Waals surface area contributed by atoms with Gasteiger partial charge in [-0.15, -0.1) is 12.4 Å². The minimum absolute atomic E-state index is 0. The van der Waals surface area contributed by atoms with Crippen molar-refractivity contribution in [2.24, 2.45) is 23.0 Å². The lowest BCUT2D eigenvalue weighted by molar-refractivity contribution is -0.148. The van der Waals surface area contributed by atoms with Crippen molar-refractivity contribution < 1.29 is 9.90 Å². The number of hydrogen-bond acceptors (Lipinski definition) is 2. The minimum atomic E-state index is -0.747. The summed E-state index contributed by atoms with van der Waals surface area (Å²) in [5.74, 6) is 0.629. The van der Waals surface area contributed by atoms with E-state index >= 15 is 0 Å². The van der Waals surface area contributed by atoms with Gasteiger partial charge in [-0.05, 0) is 25.2 Å². The number of halogens is 1. The van der Waals surface area contributed by atoms with E-state index in [9.17, 15) is 4.79 Å². The fourth-order valence-corrected chi connectivity index (χ4v) is 2.43. The Bertz CT molecular complexity index is 227. The number of rotatable bonds is 4. The fraction of sp³-hybridized carbons (Fsp3) is 0.917. The van der Waals surface area contributed by atoms with Gasteiger partial charge in [-0.25, -0.2) is 0 Å². The standard InChI is InChI=1S/C12H23NO2.ClH/c1-9-3-5-10(6-4-9)7-12(2,8-13)11(14)15;/h9-10H,3-8,13H2,1-2H3,(H,14,15);1H. The van der Waals surface area contributed by atoms with Crippen LogP contribution < -0.4 is 5.73 Å². The molecule has 1 fully saturated rings. The van der Waals surface area contributed by atoms with Gasteiger partial charge in [0.05, 0.1) is 5.41 Å². The lowest BCUT2D eigenvalue weighted by atomic mass is 9.73. The summed E-state index contributed by atoms with van der Waals surface area (Å²) < 4.78 is 0. The van der Waals surface area contributed by atoms with E-state index in [1.165, 1.54) is 25.7 Å². The number of carbonyl (C=O) groups is 1. The molecule has 3 nitrogen and oxygen atoms in total. The molecule has 0 radical (unpaired) electrons. The first kappa shape index (κ1) is 15.7. The molecule has 0 bridgehead atoms. The third-order valence-electron chi connectivity index (χ3n) is 3.84. The van der Waals surface area contributed by atoms with Crippen LogP contribution in [0.1, 0.15) is 46.0 Å². The monoisotopic (exact) mass is 249 g/mol. The first-order valence-corrected chi connectivity index (χ1v) is 5.91. The highest BCUT2D eigenvalue weighted by atomic mass is 35.5. The summed E-state index contributed by atoms with van der Waals surface area (Å²) in [5.41, 5.74) is 4.85. The van der Waals surface area contributed by atoms with E-state index in [2.05, 4.69) is 6.92 Å². The maximum atomic E-state index is 11.1. The lowest BCUT2D eigenvalue weighted by Gasteiger charge is -2.32. The molecule has 1 aliphatic carbocycles. The van der Waals surface area contributed by atoms with Crippen molar-refractivity contribution in [2.45, 2.75) is 46.0 Å². The van der Waals surface area contributed by atoms with Crippen molar-refractivity contribution in [3.05, 3.63) is 0 Å². The Kier molecular flexibility index (Phi) is 6.34. The minimum Gasteiger partial charge on any atom is -0.481 e. The van der Waals surface area contributed by atoms with E-state index in [0.717, 1.165) is 12.3 Å². The van der Waals surface area contributed by atoms with Gasteiger partial charge in [0.1, 0.15) is 0 Å².